The number of aromatic nitrogens is 2. The third-order valence-electron chi connectivity index (χ3n) is 2.99. The molecule has 2 aromatic rings. The van der Waals surface area contributed by atoms with E-state index >= 15 is 0 Å². The number of nitrogens with one attached hydrogen (secondary N) is 2. The number of hydrogen-bond acceptors (Lipinski definition) is 3. The highest BCUT2D eigenvalue weighted by Gasteiger charge is 2.10. The fourth-order valence-electron chi connectivity index (χ4n) is 1.97. The molecule has 0 radical (unpaired) electrons. The number of hydrogen-bond donors (Lipinski definition) is 2. The lowest BCUT2D eigenvalue weighted by molar-refractivity contribution is -0.116. The zero-order valence-electron chi connectivity index (χ0n) is 12.1. The van der Waals surface area contributed by atoms with E-state index in [1.54, 1.807) is 6.20 Å². The van der Waals surface area contributed by atoms with Crippen molar-refractivity contribution < 1.29 is 9.18 Å². The van der Waals surface area contributed by atoms with Gasteiger partial charge in [0.25, 0.3) is 0 Å². The minimum absolute atomic E-state index is 0.0278. The second kappa shape index (κ2) is 6.88. The predicted molar refractivity (Wildman–Crippen MR) is 80.6 cm³/mol. The molecule has 1 atom stereocenters. The summed E-state index contributed by atoms with van der Waals surface area (Å²) in [5, 5.41) is 10.1. The Morgan fingerprint density at radius 1 is 1.33 bits per heavy atom. The third kappa shape index (κ3) is 4.59. The second-order valence-corrected chi connectivity index (χ2v) is 4.89. The van der Waals surface area contributed by atoms with Gasteiger partial charge in [0, 0.05) is 30.9 Å². The smallest absolute Gasteiger partial charge is 0.226 e. The van der Waals surface area contributed by atoms with Crippen LogP contribution in [-0.4, -0.2) is 21.7 Å². The van der Waals surface area contributed by atoms with Crippen LogP contribution in [0.5, 0.6) is 0 Å². The van der Waals surface area contributed by atoms with Gasteiger partial charge in [0.2, 0.25) is 5.91 Å². The Hall–Kier alpha value is -2.37. The summed E-state index contributed by atoms with van der Waals surface area (Å²) in [6.07, 6.45) is 3.95. The molecule has 1 aromatic carbocycles. The van der Waals surface area contributed by atoms with E-state index in [2.05, 4.69) is 15.7 Å². The van der Waals surface area contributed by atoms with Gasteiger partial charge in [0.05, 0.1) is 11.9 Å². The second-order valence-electron chi connectivity index (χ2n) is 4.89. The lowest BCUT2D eigenvalue weighted by Gasteiger charge is -2.13. The van der Waals surface area contributed by atoms with E-state index in [1.165, 1.54) is 24.3 Å². The summed E-state index contributed by atoms with van der Waals surface area (Å²) in [7, 11) is 0. The first-order valence-corrected chi connectivity index (χ1v) is 6.91. The number of carbonyl (C=O) groups excluding carboxylic acids is 1. The van der Waals surface area contributed by atoms with Gasteiger partial charge in [-0.1, -0.05) is 0 Å². The van der Waals surface area contributed by atoms with Crippen LogP contribution in [0.4, 0.5) is 15.8 Å². The van der Waals surface area contributed by atoms with Crippen LogP contribution in [0.25, 0.3) is 0 Å². The quantitative estimate of drug-likeness (QED) is 0.860. The zero-order chi connectivity index (χ0) is 15.2. The molecule has 1 aromatic heterocycles. The number of amides is 1. The van der Waals surface area contributed by atoms with Crippen molar-refractivity contribution in [2.24, 2.45) is 0 Å². The van der Waals surface area contributed by atoms with Crippen LogP contribution in [0, 0.1) is 5.82 Å². The fraction of sp³-hybridized carbons (Fsp3) is 0.333. The molecule has 2 N–H and O–H groups in total. The molecule has 0 bridgehead atoms. The van der Waals surface area contributed by atoms with E-state index in [0.29, 0.717) is 12.1 Å². The van der Waals surface area contributed by atoms with Crippen LogP contribution in [0.15, 0.2) is 36.7 Å². The molecule has 0 aliphatic carbocycles. The van der Waals surface area contributed by atoms with Crippen molar-refractivity contribution in [2.45, 2.75) is 32.9 Å². The van der Waals surface area contributed by atoms with Crippen LogP contribution >= 0.6 is 0 Å². The summed E-state index contributed by atoms with van der Waals surface area (Å²) in [5.41, 5.74) is 1.48. The molecule has 112 valence electrons. The Kier molecular flexibility index (Phi) is 4.92. The van der Waals surface area contributed by atoms with Gasteiger partial charge >= 0.3 is 0 Å². The molecule has 21 heavy (non-hydrogen) atoms. The monoisotopic (exact) mass is 290 g/mol. The maximum absolute atomic E-state index is 12.8. The van der Waals surface area contributed by atoms with Crippen molar-refractivity contribution in [3.8, 4) is 0 Å². The van der Waals surface area contributed by atoms with Gasteiger partial charge in [-0.05, 0) is 38.1 Å². The molecule has 1 heterocycles. The molecule has 6 heteroatoms. The Balaban J connectivity index is 1.82. The van der Waals surface area contributed by atoms with Crippen molar-refractivity contribution in [3.05, 3.63) is 42.5 Å². The minimum Gasteiger partial charge on any atom is -0.380 e. The minimum atomic E-state index is -0.323. The number of benzene rings is 1. The first-order valence-electron chi connectivity index (χ1n) is 6.91. The molecule has 0 aliphatic rings. The summed E-state index contributed by atoms with van der Waals surface area (Å²) in [4.78, 5) is 11.9. The molecule has 0 saturated carbocycles. The lowest BCUT2D eigenvalue weighted by Crippen LogP contribution is -2.23. The SMILES string of the molecule is CCn1cc(NC(C)CC(=O)Nc2ccc(F)cc2)cn1. The number of anilines is 2. The third-order valence-corrected chi connectivity index (χ3v) is 2.99. The van der Waals surface area contributed by atoms with Gasteiger partial charge in [0.1, 0.15) is 5.82 Å². The topological polar surface area (TPSA) is 59.0 Å². The number of aryl methyl sites for hydroxylation is 1. The summed E-state index contributed by atoms with van der Waals surface area (Å²) in [5.74, 6) is -0.444. The Morgan fingerprint density at radius 3 is 2.67 bits per heavy atom. The first-order chi connectivity index (χ1) is 10.1. The average Bonchev–Trinajstić information content (AvgIpc) is 2.88. The van der Waals surface area contributed by atoms with E-state index < -0.39 is 0 Å². The molecule has 0 aliphatic heterocycles. The van der Waals surface area contributed by atoms with Gasteiger partial charge in [-0.2, -0.15) is 5.10 Å². The molecular weight excluding hydrogens is 271 g/mol. The highest BCUT2D eigenvalue weighted by Crippen LogP contribution is 2.11. The Morgan fingerprint density at radius 2 is 2.05 bits per heavy atom. The first kappa shape index (κ1) is 15.0. The molecule has 0 fully saturated rings. The van der Waals surface area contributed by atoms with Gasteiger partial charge in [0.15, 0.2) is 0 Å². The predicted octanol–water partition coefficient (Wildman–Crippen LogP) is 2.87. The molecule has 1 amide bonds. The zero-order valence-corrected chi connectivity index (χ0v) is 12.1. The standard InChI is InChI=1S/C15H19FN4O/c1-3-20-10-14(9-17-20)18-11(2)8-15(21)19-13-6-4-12(16)5-7-13/h4-7,9-11,18H,3,8H2,1-2H3,(H,19,21). The summed E-state index contributed by atoms with van der Waals surface area (Å²) in [6.45, 7) is 4.74. The molecule has 1 unspecified atom stereocenters. The average molecular weight is 290 g/mol. The van der Waals surface area contributed by atoms with Crippen LogP contribution in [0.3, 0.4) is 0 Å². The van der Waals surface area contributed by atoms with Crippen molar-refractivity contribution in [2.75, 3.05) is 10.6 Å². The van der Waals surface area contributed by atoms with Crippen LogP contribution in [-0.2, 0) is 11.3 Å². The van der Waals surface area contributed by atoms with Crippen LogP contribution in [0.2, 0.25) is 0 Å². The van der Waals surface area contributed by atoms with E-state index in [0.717, 1.165) is 12.2 Å². The fourth-order valence-corrected chi connectivity index (χ4v) is 1.97. The molecule has 0 spiro atoms. The van der Waals surface area contributed by atoms with Gasteiger partial charge in [-0.15, -0.1) is 0 Å². The van der Waals surface area contributed by atoms with Crippen molar-refractivity contribution >= 4 is 17.3 Å². The summed E-state index contributed by atoms with van der Waals surface area (Å²) >= 11 is 0. The Labute approximate surface area is 123 Å². The Bertz CT molecular complexity index is 594. The number of rotatable bonds is 6. The van der Waals surface area contributed by atoms with Crippen molar-refractivity contribution in [1.29, 1.82) is 0 Å². The van der Waals surface area contributed by atoms with Crippen LogP contribution in [0.1, 0.15) is 20.3 Å². The highest BCUT2D eigenvalue weighted by molar-refractivity contribution is 5.91. The van der Waals surface area contributed by atoms with Gasteiger partial charge < -0.3 is 10.6 Å². The number of halogens is 1. The van der Waals surface area contributed by atoms with Crippen LogP contribution < -0.4 is 10.6 Å². The van der Waals surface area contributed by atoms with Gasteiger partial charge in [-0.3, -0.25) is 9.48 Å². The molecule has 2 rings (SSSR count). The largest absolute Gasteiger partial charge is 0.380 e. The van der Waals surface area contributed by atoms with Gasteiger partial charge in [-0.25, -0.2) is 4.39 Å². The maximum Gasteiger partial charge on any atom is 0.226 e. The van der Waals surface area contributed by atoms with E-state index in [1.807, 2.05) is 24.7 Å². The normalized spacial score (nSPS) is 12.0. The number of nitrogens with zero attached hydrogens (tertiary/aromatic N) is 2. The lowest BCUT2D eigenvalue weighted by atomic mass is 10.2. The van der Waals surface area contributed by atoms with E-state index in [4.69, 9.17) is 0 Å². The molecule has 5 nitrogen and oxygen atoms in total. The van der Waals surface area contributed by atoms with Crippen molar-refractivity contribution in [1.82, 2.24) is 9.78 Å². The number of carbonyl (C=O) groups is 1. The molecular formula is C15H19FN4O. The maximum atomic E-state index is 12.8. The molecule has 0 saturated heterocycles. The van der Waals surface area contributed by atoms with E-state index in [9.17, 15) is 9.18 Å². The summed E-state index contributed by atoms with van der Waals surface area (Å²) < 4.78 is 14.6. The van der Waals surface area contributed by atoms with Crippen molar-refractivity contribution in [3.63, 3.8) is 0 Å². The van der Waals surface area contributed by atoms with E-state index in [-0.39, 0.29) is 17.8 Å². The highest BCUT2D eigenvalue weighted by atomic mass is 19.1. The summed E-state index contributed by atoms with van der Waals surface area (Å²) in [6, 6.07) is 5.68.